The fraction of sp³-hybridized carbons (Fsp3) is 0.227. The quantitative estimate of drug-likeness (QED) is 0.184. The molecule has 1 aliphatic heterocycles. The fourth-order valence-corrected chi connectivity index (χ4v) is 8.80. The minimum atomic E-state index is 0.234. The number of aromatic nitrogens is 2. The molecule has 0 amide bonds. The molecule has 0 saturated heterocycles. The molecule has 2 aliphatic rings. The number of benzene rings is 5. The summed E-state index contributed by atoms with van der Waals surface area (Å²) in [6.07, 6.45) is 7.74. The number of allylic oxidation sites excluding steroid dienone is 1. The first-order valence-electron chi connectivity index (χ1n) is 17.6. The first kappa shape index (κ1) is 27.9. The van der Waals surface area contributed by atoms with E-state index in [0.717, 1.165) is 61.3 Å². The van der Waals surface area contributed by atoms with Crippen LogP contribution in [0.25, 0.3) is 60.7 Å². The first-order valence-corrected chi connectivity index (χ1v) is 17.6. The van der Waals surface area contributed by atoms with Crippen molar-refractivity contribution in [3.8, 4) is 5.75 Å². The first-order chi connectivity index (χ1) is 23.6. The minimum absolute atomic E-state index is 0.234. The number of ether oxygens (including phenoxy) is 1. The maximum atomic E-state index is 6.57. The predicted molar refractivity (Wildman–Crippen MR) is 198 cm³/mol. The van der Waals surface area contributed by atoms with E-state index in [0.29, 0.717) is 0 Å². The third kappa shape index (κ3) is 3.95. The van der Waals surface area contributed by atoms with Gasteiger partial charge in [-0.2, -0.15) is 0 Å². The van der Waals surface area contributed by atoms with E-state index in [-0.39, 0.29) is 5.92 Å². The summed E-state index contributed by atoms with van der Waals surface area (Å²) < 4.78 is 17.8. The molecule has 4 heterocycles. The number of para-hydroxylation sites is 1. The van der Waals surface area contributed by atoms with Gasteiger partial charge in [0.15, 0.2) is 0 Å². The van der Waals surface area contributed by atoms with Crippen LogP contribution in [0, 0.1) is 0 Å². The highest BCUT2D eigenvalue weighted by molar-refractivity contribution is 6.16. The Kier molecular flexibility index (Phi) is 6.03. The Balaban J connectivity index is 1.09. The highest BCUT2D eigenvalue weighted by Crippen LogP contribution is 2.49. The second-order valence-corrected chi connectivity index (χ2v) is 13.9. The van der Waals surface area contributed by atoms with Crippen LogP contribution in [-0.2, 0) is 32.9 Å². The van der Waals surface area contributed by atoms with Crippen molar-refractivity contribution in [2.45, 2.75) is 58.4 Å². The Morgan fingerprint density at radius 3 is 2.46 bits per heavy atom. The number of hydrogen-bond donors (Lipinski definition) is 0. The minimum Gasteiger partial charge on any atom is -0.461 e. The largest absolute Gasteiger partial charge is 0.461 e. The second-order valence-electron chi connectivity index (χ2n) is 13.9. The van der Waals surface area contributed by atoms with Crippen LogP contribution in [0.5, 0.6) is 5.75 Å². The molecule has 1 atom stereocenters. The summed E-state index contributed by atoms with van der Waals surface area (Å²) in [4.78, 5) is 0. The van der Waals surface area contributed by atoms with Crippen LogP contribution in [0.2, 0.25) is 0 Å². The lowest BCUT2D eigenvalue weighted by Crippen LogP contribution is -2.10. The van der Waals surface area contributed by atoms with Gasteiger partial charge < -0.3 is 18.3 Å². The number of rotatable bonds is 6. The summed E-state index contributed by atoms with van der Waals surface area (Å²) in [6.45, 7) is 5.30. The van der Waals surface area contributed by atoms with E-state index in [1.54, 1.807) is 0 Å². The molecule has 0 N–H and O–H groups in total. The zero-order valence-electron chi connectivity index (χ0n) is 27.8. The molecular weight excluding hydrogens is 588 g/mol. The average molecular weight is 627 g/mol. The number of nitrogens with zero attached hydrogens (tertiary/aromatic N) is 2. The van der Waals surface area contributed by atoms with Gasteiger partial charge in [0, 0.05) is 75.0 Å². The standard InChI is InChI=1S/C44H38N2O2/c1-4-9-26-15-17-36-30(19-26)31-21-33-29-12-6-7-14-40(29)47-43(33)24-39(31)46(36)25-27-16-18-41-32(20-27)34-22-35-38(23-42(34)48-41)45(3)37-13-8-11-28(10-5-2)44(35)37/h6-8,11-21,23-24,34H,4-5,9-10,22,25H2,1-3H3. The predicted octanol–water partition coefficient (Wildman–Crippen LogP) is 11.2. The van der Waals surface area contributed by atoms with E-state index >= 15 is 0 Å². The molecule has 4 heteroatoms. The Labute approximate surface area is 279 Å². The van der Waals surface area contributed by atoms with Crippen LogP contribution >= 0.6 is 0 Å². The van der Waals surface area contributed by atoms with Crippen LogP contribution in [-0.4, -0.2) is 9.13 Å². The summed E-state index contributed by atoms with van der Waals surface area (Å²) in [7, 11) is 2.20. The third-order valence-electron chi connectivity index (χ3n) is 11.0. The van der Waals surface area contributed by atoms with Crippen molar-refractivity contribution >= 4 is 60.7 Å². The highest BCUT2D eigenvalue weighted by atomic mass is 16.5. The van der Waals surface area contributed by atoms with Gasteiger partial charge in [-0.15, -0.1) is 0 Å². The van der Waals surface area contributed by atoms with E-state index in [1.165, 1.54) is 77.0 Å². The van der Waals surface area contributed by atoms with E-state index < -0.39 is 0 Å². The van der Waals surface area contributed by atoms with Gasteiger partial charge in [-0.3, -0.25) is 0 Å². The number of hydrogen-bond acceptors (Lipinski definition) is 2. The molecule has 3 aromatic heterocycles. The summed E-state index contributed by atoms with van der Waals surface area (Å²) in [5, 5.41) is 6.40. The monoisotopic (exact) mass is 626 g/mol. The zero-order chi connectivity index (χ0) is 32.1. The maximum Gasteiger partial charge on any atom is 0.137 e. The van der Waals surface area contributed by atoms with Gasteiger partial charge in [0.2, 0.25) is 0 Å². The molecule has 236 valence electrons. The smallest absolute Gasteiger partial charge is 0.137 e. The van der Waals surface area contributed by atoms with E-state index in [2.05, 4.69) is 121 Å². The Bertz CT molecular complexity index is 2640. The van der Waals surface area contributed by atoms with Crippen molar-refractivity contribution in [3.63, 3.8) is 0 Å². The molecular formula is C44H38N2O2. The van der Waals surface area contributed by atoms with E-state index in [1.807, 2.05) is 6.07 Å². The fourth-order valence-electron chi connectivity index (χ4n) is 8.80. The lowest BCUT2D eigenvalue weighted by molar-refractivity contribution is 0.428. The molecule has 1 unspecified atom stereocenters. The van der Waals surface area contributed by atoms with Crippen molar-refractivity contribution in [2.24, 2.45) is 7.05 Å². The van der Waals surface area contributed by atoms with Crippen molar-refractivity contribution < 1.29 is 9.15 Å². The molecule has 48 heavy (non-hydrogen) atoms. The van der Waals surface area contributed by atoms with Crippen LogP contribution in [0.3, 0.4) is 0 Å². The molecule has 5 aromatic carbocycles. The van der Waals surface area contributed by atoms with Gasteiger partial charge in [-0.1, -0.05) is 69.2 Å². The summed E-state index contributed by atoms with van der Waals surface area (Å²) in [5.41, 5.74) is 13.9. The second kappa shape index (κ2) is 10.4. The van der Waals surface area contributed by atoms with Gasteiger partial charge in [0.05, 0.1) is 11.4 Å². The Morgan fingerprint density at radius 2 is 1.56 bits per heavy atom. The van der Waals surface area contributed by atoms with Crippen molar-refractivity contribution in [1.82, 2.24) is 9.13 Å². The topological polar surface area (TPSA) is 32.2 Å². The maximum absolute atomic E-state index is 6.57. The molecule has 8 aromatic rings. The van der Waals surface area contributed by atoms with Gasteiger partial charge >= 0.3 is 0 Å². The van der Waals surface area contributed by atoms with Gasteiger partial charge in [-0.25, -0.2) is 0 Å². The van der Waals surface area contributed by atoms with Crippen LogP contribution < -0.4 is 4.74 Å². The van der Waals surface area contributed by atoms with Crippen molar-refractivity contribution in [1.29, 1.82) is 0 Å². The summed E-state index contributed by atoms with van der Waals surface area (Å²) in [6, 6.07) is 33.7. The molecule has 0 radical (unpaired) electrons. The Hall–Kier alpha value is -5.22. The summed E-state index contributed by atoms with van der Waals surface area (Å²) >= 11 is 0. The van der Waals surface area contributed by atoms with Crippen molar-refractivity contribution in [2.75, 3.05) is 0 Å². The highest BCUT2D eigenvalue weighted by Gasteiger charge is 2.36. The molecule has 0 fully saturated rings. The van der Waals surface area contributed by atoms with E-state index in [9.17, 15) is 0 Å². The van der Waals surface area contributed by atoms with Gasteiger partial charge in [-0.05, 0) is 84.0 Å². The van der Waals surface area contributed by atoms with Gasteiger partial charge in [0.1, 0.15) is 22.7 Å². The zero-order valence-corrected chi connectivity index (χ0v) is 27.8. The Morgan fingerprint density at radius 1 is 0.708 bits per heavy atom. The van der Waals surface area contributed by atoms with Crippen LogP contribution in [0.15, 0.2) is 101 Å². The number of aryl methyl sites for hydroxylation is 3. The molecule has 0 spiro atoms. The number of furan rings is 1. The third-order valence-corrected chi connectivity index (χ3v) is 11.0. The lowest BCUT2D eigenvalue weighted by Gasteiger charge is -2.18. The van der Waals surface area contributed by atoms with Crippen molar-refractivity contribution in [3.05, 3.63) is 130 Å². The molecule has 0 bridgehead atoms. The molecule has 10 rings (SSSR count). The summed E-state index contributed by atoms with van der Waals surface area (Å²) in [5.74, 6) is 2.30. The SMILES string of the molecule is CCCc1ccc2c(c1)c1cc3c(cc1n2Cc1ccc2c(c1)C1Cc4c(n(C)c5cccc(CCC)c45)C=C1O2)oc1ccccc13. The van der Waals surface area contributed by atoms with Crippen LogP contribution in [0.4, 0.5) is 0 Å². The van der Waals surface area contributed by atoms with Crippen LogP contribution in [0.1, 0.15) is 66.1 Å². The molecule has 0 saturated carbocycles. The van der Waals surface area contributed by atoms with E-state index in [4.69, 9.17) is 9.15 Å². The number of fused-ring (bicyclic) bond motifs is 12. The average Bonchev–Trinajstić information content (AvgIpc) is 3.82. The molecule has 1 aliphatic carbocycles. The lowest BCUT2D eigenvalue weighted by atomic mass is 9.85. The van der Waals surface area contributed by atoms with Gasteiger partial charge in [0.25, 0.3) is 0 Å². The normalized spacial score (nSPS) is 15.4. The molecule has 4 nitrogen and oxygen atoms in total.